The first-order valence-electron chi connectivity index (χ1n) is 5.97. The molecule has 0 saturated heterocycles. The third-order valence-electron chi connectivity index (χ3n) is 2.64. The molecule has 1 amide bonds. The summed E-state index contributed by atoms with van der Waals surface area (Å²) in [5.74, 6) is -0.0892. The highest BCUT2D eigenvalue weighted by atomic mass is 19.3. The van der Waals surface area contributed by atoms with E-state index < -0.39 is 12.7 Å². The van der Waals surface area contributed by atoms with Gasteiger partial charge in [-0.2, -0.15) is 8.78 Å². The Labute approximate surface area is 110 Å². The molecule has 0 heterocycles. The number of benzene rings is 1. The molecule has 0 saturated carbocycles. The van der Waals surface area contributed by atoms with Gasteiger partial charge in [0, 0.05) is 6.54 Å². The summed E-state index contributed by atoms with van der Waals surface area (Å²) in [5, 5.41) is 2.69. The molecule has 1 atom stereocenters. The van der Waals surface area contributed by atoms with Gasteiger partial charge in [-0.05, 0) is 23.6 Å². The SMILES string of the molecule is CC(C)C(N)C(=O)NCc1ccc(OC(F)F)cc1. The van der Waals surface area contributed by atoms with Crippen molar-refractivity contribution in [1.82, 2.24) is 5.32 Å². The molecule has 0 bridgehead atoms. The molecular weight excluding hydrogens is 254 g/mol. The van der Waals surface area contributed by atoms with Gasteiger partial charge in [-0.15, -0.1) is 0 Å². The number of nitrogens with one attached hydrogen (secondary N) is 1. The minimum Gasteiger partial charge on any atom is -0.435 e. The molecule has 0 aliphatic heterocycles. The highest BCUT2D eigenvalue weighted by Gasteiger charge is 2.16. The predicted octanol–water partition coefficient (Wildman–Crippen LogP) is 1.89. The molecule has 1 rings (SSSR count). The second-order valence-electron chi connectivity index (χ2n) is 4.51. The molecule has 106 valence electrons. The highest BCUT2D eigenvalue weighted by Crippen LogP contribution is 2.14. The summed E-state index contributed by atoms with van der Waals surface area (Å²) in [6.45, 7) is 1.19. The summed E-state index contributed by atoms with van der Waals surface area (Å²) in [7, 11) is 0. The summed E-state index contributed by atoms with van der Waals surface area (Å²) >= 11 is 0. The van der Waals surface area contributed by atoms with Gasteiger partial charge in [-0.3, -0.25) is 4.79 Å². The summed E-state index contributed by atoms with van der Waals surface area (Å²) in [4.78, 5) is 11.6. The smallest absolute Gasteiger partial charge is 0.387 e. The topological polar surface area (TPSA) is 64.4 Å². The van der Waals surface area contributed by atoms with Crippen molar-refractivity contribution in [3.8, 4) is 5.75 Å². The van der Waals surface area contributed by atoms with Gasteiger partial charge in [-0.25, -0.2) is 0 Å². The van der Waals surface area contributed by atoms with E-state index in [0.717, 1.165) is 5.56 Å². The number of rotatable bonds is 6. The third-order valence-corrected chi connectivity index (χ3v) is 2.64. The molecule has 0 fully saturated rings. The lowest BCUT2D eigenvalue weighted by Crippen LogP contribution is -2.43. The van der Waals surface area contributed by atoms with E-state index in [-0.39, 0.29) is 17.6 Å². The van der Waals surface area contributed by atoms with Crippen molar-refractivity contribution >= 4 is 5.91 Å². The zero-order chi connectivity index (χ0) is 14.4. The number of hydrogen-bond acceptors (Lipinski definition) is 3. The highest BCUT2D eigenvalue weighted by molar-refractivity contribution is 5.81. The van der Waals surface area contributed by atoms with Crippen LogP contribution >= 0.6 is 0 Å². The molecule has 1 aromatic rings. The lowest BCUT2D eigenvalue weighted by atomic mass is 10.0. The third kappa shape index (κ3) is 5.21. The number of carbonyl (C=O) groups is 1. The van der Waals surface area contributed by atoms with Crippen molar-refractivity contribution < 1.29 is 18.3 Å². The van der Waals surface area contributed by atoms with Crippen LogP contribution in [0.1, 0.15) is 19.4 Å². The van der Waals surface area contributed by atoms with Crippen LogP contribution in [0.15, 0.2) is 24.3 Å². The van der Waals surface area contributed by atoms with Gasteiger partial charge in [0.2, 0.25) is 5.91 Å². The van der Waals surface area contributed by atoms with E-state index in [0.29, 0.717) is 6.54 Å². The molecular formula is C13H18F2N2O2. The Kier molecular flexibility index (Phi) is 5.69. The number of hydrogen-bond donors (Lipinski definition) is 2. The summed E-state index contributed by atoms with van der Waals surface area (Å²) in [6, 6.07) is 5.52. The van der Waals surface area contributed by atoms with Gasteiger partial charge in [-0.1, -0.05) is 26.0 Å². The number of amides is 1. The van der Waals surface area contributed by atoms with E-state index in [2.05, 4.69) is 10.1 Å². The minimum atomic E-state index is -2.84. The van der Waals surface area contributed by atoms with Crippen LogP contribution in [0, 0.1) is 5.92 Å². The fourth-order valence-corrected chi connectivity index (χ4v) is 1.40. The first kappa shape index (κ1) is 15.4. The van der Waals surface area contributed by atoms with Crippen LogP contribution in [0.2, 0.25) is 0 Å². The maximum Gasteiger partial charge on any atom is 0.387 e. The Morgan fingerprint density at radius 2 is 1.89 bits per heavy atom. The zero-order valence-corrected chi connectivity index (χ0v) is 10.9. The Morgan fingerprint density at radius 3 is 2.37 bits per heavy atom. The quantitative estimate of drug-likeness (QED) is 0.831. The van der Waals surface area contributed by atoms with Crippen molar-refractivity contribution in [2.45, 2.75) is 33.0 Å². The van der Waals surface area contributed by atoms with Crippen molar-refractivity contribution in [1.29, 1.82) is 0 Å². The normalized spacial score (nSPS) is 12.6. The van der Waals surface area contributed by atoms with E-state index >= 15 is 0 Å². The molecule has 0 aromatic heterocycles. The van der Waals surface area contributed by atoms with Crippen molar-refractivity contribution in [2.24, 2.45) is 11.7 Å². The molecule has 0 aliphatic carbocycles. The lowest BCUT2D eigenvalue weighted by molar-refractivity contribution is -0.123. The average Bonchev–Trinajstić information content (AvgIpc) is 2.35. The predicted molar refractivity (Wildman–Crippen MR) is 67.7 cm³/mol. The van der Waals surface area contributed by atoms with Crippen molar-refractivity contribution in [3.63, 3.8) is 0 Å². The van der Waals surface area contributed by atoms with E-state index in [1.54, 1.807) is 12.1 Å². The van der Waals surface area contributed by atoms with Gasteiger partial charge in [0.05, 0.1) is 6.04 Å². The number of ether oxygens (including phenoxy) is 1. The van der Waals surface area contributed by atoms with Gasteiger partial charge in [0.1, 0.15) is 5.75 Å². The van der Waals surface area contributed by atoms with Gasteiger partial charge >= 0.3 is 6.61 Å². The number of halogens is 2. The van der Waals surface area contributed by atoms with Gasteiger partial charge in [0.25, 0.3) is 0 Å². The standard InChI is InChI=1S/C13H18F2N2O2/c1-8(2)11(16)12(18)17-7-9-3-5-10(6-4-9)19-13(14)15/h3-6,8,11,13H,7,16H2,1-2H3,(H,17,18). The summed E-state index contributed by atoms with van der Waals surface area (Å²) in [5.41, 5.74) is 6.47. The summed E-state index contributed by atoms with van der Waals surface area (Å²) < 4.78 is 28.1. The van der Waals surface area contributed by atoms with Crippen LogP contribution in [0.25, 0.3) is 0 Å². The maximum atomic E-state index is 11.9. The molecule has 19 heavy (non-hydrogen) atoms. The van der Waals surface area contributed by atoms with E-state index in [1.807, 2.05) is 13.8 Å². The minimum absolute atomic E-state index is 0.0572. The molecule has 6 heteroatoms. The van der Waals surface area contributed by atoms with E-state index in [1.165, 1.54) is 12.1 Å². The van der Waals surface area contributed by atoms with Crippen LogP contribution in [-0.2, 0) is 11.3 Å². The molecule has 0 radical (unpaired) electrons. The van der Waals surface area contributed by atoms with Crippen molar-refractivity contribution in [2.75, 3.05) is 0 Å². The Balaban J connectivity index is 2.48. The summed E-state index contributed by atoms with van der Waals surface area (Å²) in [6.07, 6.45) is 0. The second-order valence-corrected chi connectivity index (χ2v) is 4.51. The van der Waals surface area contributed by atoms with Gasteiger partial charge in [0.15, 0.2) is 0 Å². The van der Waals surface area contributed by atoms with E-state index in [4.69, 9.17) is 5.73 Å². The van der Waals surface area contributed by atoms with Crippen LogP contribution in [0.4, 0.5) is 8.78 Å². The first-order chi connectivity index (χ1) is 8.90. The van der Waals surface area contributed by atoms with Crippen LogP contribution < -0.4 is 15.8 Å². The Bertz CT molecular complexity index is 408. The van der Waals surface area contributed by atoms with Crippen molar-refractivity contribution in [3.05, 3.63) is 29.8 Å². The largest absolute Gasteiger partial charge is 0.435 e. The van der Waals surface area contributed by atoms with Gasteiger partial charge < -0.3 is 15.8 Å². The number of alkyl halides is 2. The molecule has 4 nitrogen and oxygen atoms in total. The lowest BCUT2D eigenvalue weighted by Gasteiger charge is -2.15. The second kappa shape index (κ2) is 7.04. The fraction of sp³-hybridized carbons (Fsp3) is 0.462. The molecule has 0 aliphatic rings. The monoisotopic (exact) mass is 272 g/mol. The number of carbonyl (C=O) groups excluding carboxylic acids is 1. The van der Waals surface area contributed by atoms with Crippen LogP contribution in [-0.4, -0.2) is 18.6 Å². The molecule has 0 spiro atoms. The molecule has 1 aromatic carbocycles. The molecule has 3 N–H and O–H groups in total. The van der Waals surface area contributed by atoms with Crippen LogP contribution in [0.5, 0.6) is 5.75 Å². The average molecular weight is 272 g/mol. The number of nitrogens with two attached hydrogens (primary N) is 1. The Hall–Kier alpha value is -1.69. The first-order valence-corrected chi connectivity index (χ1v) is 5.97. The Morgan fingerprint density at radius 1 is 1.32 bits per heavy atom. The zero-order valence-electron chi connectivity index (χ0n) is 10.9. The maximum absolute atomic E-state index is 11.9. The van der Waals surface area contributed by atoms with Crippen LogP contribution in [0.3, 0.4) is 0 Å². The fourth-order valence-electron chi connectivity index (χ4n) is 1.40. The van der Waals surface area contributed by atoms with E-state index in [9.17, 15) is 13.6 Å². The molecule has 1 unspecified atom stereocenters.